The predicted octanol–water partition coefficient (Wildman–Crippen LogP) is 0.428. The molecule has 0 spiro atoms. The maximum Gasteiger partial charge on any atom is 0.239 e. The van der Waals surface area contributed by atoms with Gasteiger partial charge in [0.25, 0.3) is 0 Å². The van der Waals surface area contributed by atoms with Crippen LogP contribution in [0, 0.1) is 5.92 Å². The van der Waals surface area contributed by atoms with Crippen LogP contribution in [0.15, 0.2) is 12.1 Å². The molecule has 0 saturated carbocycles. The van der Waals surface area contributed by atoms with Gasteiger partial charge in [-0.25, -0.2) is 0 Å². The molecule has 0 aliphatic heterocycles. The lowest BCUT2D eigenvalue weighted by molar-refractivity contribution is -0.127. The number of amides is 2. The maximum atomic E-state index is 11.9. The zero-order valence-corrected chi connectivity index (χ0v) is 15.3. The molecule has 0 aliphatic rings. The van der Waals surface area contributed by atoms with Gasteiger partial charge in [0.2, 0.25) is 17.6 Å². The van der Waals surface area contributed by atoms with Crippen molar-refractivity contribution in [2.75, 3.05) is 27.9 Å². The van der Waals surface area contributed by atoms with E-state index in [0.717, 1.165) is 5.56 Å². The van der Waals surface area contributed by atoms with Gasteiger partial charge in [-0.15, -0.1) is 0 Å². The van der Waals surface area contributed by atoms with Gasteiger partial charge in [0.05, 0.1) is 33.9 Å². The number of benzene rings is 1. The Labute approximate surface area is 148 Å². The van der Waals surface area contributed by atoms with E-state index >= 15 is 0 Å². The van der Waals surface area contributed by atoms with Gasteiger partial charge in [-0.1, -0.05) is 13.8 Å². The van der Waals surface area contributed by atoms with Crippen LogP contribution >= 0.6 is 0 Å². The van der Waals surface area contributed by atoms with Crippen LogP contribution in [0.1, 0.15) is 19.4 Å². The second-order valence-electron chi connectivity index (χ2n) is 5.76. The predicted molar refractivity (Wildman–Crippen MR) is 93.8 cm³/mol. The van der Waals surface area contributed by atoms with E-state index in [0.29, 0.717) is 17.2 Å². The molecule has 8 heteroatoms. The fraction of sp³-hybridized carbons (Fsp3) is 0.529. The Hall–Kier alpha value is -2.48. The Morgan fingerprint density at radius 1 is 1.04 bits per heavy atom. The number of hydrogen-bond donors (Lipinski definition) is 3. The molecule has 0 fully saturated rings. The standard InChI is InChI=1S/C17H27N3O5/c1-10(2)14(18)17(22)20-9-13(21)19-8-11-6-7-12(23-3)16(25-5)15(11)24-4/h6-7,10,14H,8-9,18H2,1-5H3,(H,19,21)(H,20,22)/t14-/m0/s1. The molecule has 2 amide bonds. The van der Waals surface area contributed by atoms with Crippen LogP contribution < -0.4 is 30.6 Å². The summed E-state index contributed by atoms with van der Waals surface area (Å²) in [6, 6.07) is 2.86. The largest absolute Gasteiger partial charge is 0.493 e. The Kier molecular flexibility index (Phi) is 8.00. The summed E-state index contributed by atoms with van der Waals surface area (Å²) in [5.74, 6) is 0.777. The summed E-state index contributed by atoms with van der Waals surface area (Å²) in [6.07, 6.45) is 0. The Morgan fingerprint density at radius 3 is 2.20 bits per heavy atom. The lowest BCUT2D eigenvalue weighted by Gasteiger charge is -2.17. The van der Waals surface area contributed by atoms with E-state index in [1.807, 2.05) is 13.8 Å². The molecule has 1 aromatic rings. The Morgan fingerprint density at radius 2 is 1.68 bits per heavy atom. The van der Waals surface area contributed by atoms with Gasteiger partial charge >= 0.3 is 0 Å². The highest BCUT2D eigenvalue weighted by Gasteiger charge is 2.18. The molecule has 4 N–H and O–H groups in total. The van der Waals surface area contributed by atoms with Gasteiger partial charge in [0, 0.05) is 12.1 Å². The van der Waals surface area contributed by atoms with Crippen LogP contribution in [-0.4, -0.2) is 45.7 Å². The summed E-state index contributed by atoms with van der Waals surface area (Å²) in [7, 11) is 4.55. The van der Waals surface area contributed by atoms with E-state index in [4.69, 9.17) is 19.9 Å². The molecule has 0 heterocycles. The SMILES string of the molecule is COc1ccc(CNC(=O)CNC(=O)[C@@H](N)C(C)C)c(OC)c1OC. The van der Waals surface area contributed by atoms with Crippen LogP contribution in [0.4, 0.5) is 0 Å². The molecular formula is C17H27N3O5. The first-order valence-electron chi connectivity index (χ1n) is 7.93. The number of methoxy groups -OCH3 is 3. The zero-order valence-electron chi connectivity index (χ0n) is 15.3. The Balaban J connectivity index is 2.66. The fourth-order valence-electron chi connectivity index (χ4n) is 2.15. The van der Waals surface area contributed by atoms with Gasteiger partial charge in [-0.3, -0.25) is 9.59 Å². The topological polar surface area (TPSA) is 112 Å². The number of nitrogens with one attached hydrogen (secondary N) is 2. The summed E-state index contributed by atoms with van der Waals surface area (Å²) in [5.41, 5.74) is 6.44. The van der Waals surface area contributed by atoms with Crippen LogP contribution in [0.2, 0.25) is 0 Å². The highest BCUT2D eigenvalue weighted by atomic mass is 16.5. The molecule has 0 unspecified atom stereocenters. The van der Waals surface area contributed by atoms with E-state index in [1.54, 1.807) is 12.1 Å². The van der Waals surface area contributed by atoms with Crippen molar-refractivity contribution < 1.29 is 23.8 Å². The van der Waals surface area contributed by atoms with E-state index in [-0.39, 0.29) is 30.8 Å². The fourth-order valence-corrected chi connectivity index (χ4v) is 2.15. The molecular weight excluding hydrogens is 326 g/mol. The van der Waals surface area contributed by atoms with Crippen LogP contribution in [0.5, 0.6) is 17.2 Å². The molecule has 0 bridgehead atoms. The van der Waals surface area contributed by atoms with E-state index < -0.39 is 6.04 Å². The average molecular weight is 353 g/mol. The van der Waals surface area contributed by atoms with Gasteiger partial charge in [0.1, 0.15) is 0 Å². The number of hydrogen-bond acceptors (Lipinski definition) is 6. The quantitative estimate of drug-likeness (QED) is 0.593. The van der Waals surface area contributed by atoms with Crippen molar-refractivity contribution in [1.29, 1.82) is 0 Å². The van der Waals surface area contributed by atoms with Crippen molar-refractivity contribution in [3.63, 3.8) is 0 Å². The van der Waals surface area contributed by atoms with Crippen LogP contribution in [0.3, 0.4) is 0 Å². The number of nitrogens with two attached hydrogens (primary N) is 1. The molecule has 0 saturated heterocycles. The smallest absolute Gasteiger partial charge is 0.239 e. The third-order valence-corrected chi connectivity index (χ3v) is 3.71. The minimum absolute atomic E-state index is 0.000846. The summed E-state index contributed by atoms with van der Waals surface area (Å²) in [5, 5.41) is 5.23. The molecule has 0 aliphatic carbocycles. The van der Waals surface area contributed by atoms with Gasteiger partial charge in [0.15, 0.2) is 11.5 Å². The van der Waals surface area contributed by atoms with Gasteiger partial charge < -0.3 is 30.6 Å². The number of rotatable bonds is 9. The number of ether oxygens (including phenoxy) is 3. The molecule has 1 rings (SSSR count). The number of carbonyl (C=O) groups excluding carboxylic acids is 2. The molecule has 1 atom stereocenters. The molecule has 0 aromatic heterocycles. The van der Waals surface area contributed by atoms with Gasteiger partial charge in [-0.2, -0.15) is 0 Å². The first-order valence-corrected chi connectivity index (χ1v) is 7.93. The van der Waals surface area contributed by atoms with E-state index in [1.165, 1.54) is 21.3 Å². The Bertz CT molecular complexity index is 604. The lowest BCUT2D eigenvalue weighted by Crippen LogP contribution is -2.47. The van der Waals surface area contributed by atoms with Crippen molar-refractivity contribution in [1.82, 2.24) is 10.6 Å². The van der Waals surface area contributed by atoms with Crippen molar-refractivity contribution in [2.24, 2.45) is 11.7 Å². The van der Waals surface area contributed by atoms with Crippen molar-refractivity contribution in [3.8, 4) is 17.2 Å². The second-order valence-corrected chi connectivity index (χ2v) is 5.76. The first-order chi connectivity index (χ1) is 11.8. The maximum absolute atomic E-state index is 11.9. The second kappa shape index (κ2) is 9.73. The molecule has 25 heavy (non-hydrogen) atoms. The van der Waals surface area contributed by atoms with Crippen LogP contribution in [-0.2, 0) is 16.1 Å². The first kappa shape index (κ1) is 20.6. The van der Waals surface area contributed by atoms with Crippen LogP contribution in [0.25, 0.3) is 0 Å². The van der Waals surface area contributed by atoms with Crippen molar-refractivity contribution in [3.05, 3.63) is 17.7 Å². The third kappa shape index (κ3) is 5.53. The minimum atomic E-state index is -0.640. The monoisotopic (exact) mass is 353 g/mol. The highest BCUT2D eigenvalue weighted by molar-refractivity contribution is 5.87. The van der Waals surface area contributed by atoms with Gasteiger partial charge in [-0.05, 0) is 18.1 Å². The molecule has 140 valence electrons. The zero-order chi connectivity index (χ0) is 19.0. The molecule has 0 radical (unpaired) electrons. The average Bonchev–Trinajstić information content (AvgIpc) is 2.62. The summed E-state index contributed by atoms with van der Waals surface area (Å²) in [4.78, 5) is 23.7. The van der Waals surface area contributed by atoms with Crippen molar-refractivity contribution in [2.45, 2.75) is 26.4 Å². The van der Waals surface area contributed by atoms with Crippen molar-refractivity contribution >= 4 is 11.8 Å². The highest BCUT2D eigenvalue weighted by Crippen LogP contribution is 2.39. The van der Waals surface area contributed by atoms with E-state index in [9.17, 15) is 9.59 Å². The number of carbonyl (C=O) groups is 2. The normalized spacial score (nSPS) is 11.6. The lowest BCUT2D eigenvalue weighted by atomic mass is 10.1. The van der Waals surface area contributed by atoms with E-state index in [2.05, 4.69) is 10.6 Å². The molecule has 1 aromatic carbocycles. The summed E-state index contributed by atoms with van der Waals surface area (Å²) in [6.45, 7) is 3.75. The minimum Gasteiger partial charge on any atom is -0.493 e. The summed E-state index contributed by atoms with van der Waals surface area (Å²) < 4.78 is 15.9. The third-order valence-electron chi connectivity index (χ3n) is 3.71. The summed E-state index contributed by atoms with van der Waals surface area (Å²) >= 11 is 0. The molecule has 8 nitrogen and oxygen atoms in total.